The smallest absolute Gasteiger partial charge is 0.123 e. The highest BCUT2D eigenvalue weighted by atomic mass is 127. The van der Waals surface area contributed by atoms with Crippen LogP contribution >= 0.6 is 33.9 Å². The van der Waals surface area contributed by atoms with Crippen LogP contribution < -0.4 is 0 Å². The Morgan fingerprint density at radius 2 is 2.05 bits per heavy atom. The molecule has 0 atom stereocenters. The van der Waals surface area contributed by atoms with E-state index in [0.29, 0.717) is 0 Å². The summed E-state index contributed by atoms with van der Waals surface area (Å²) in [5.74, 6) is 0. The first-order valence-electron chi connectivity index (χ1n) is 5.93. The van der Waals surface area contributed by atoms with Gasteiger partial charge in [0.25, 0.3) is 0 Å². The fourth-order valence-corrected chi connectivity index (χ4v) is 3.92. The van der Waals surface area contributed by atoms with Crippen LogP contribution in [0.25, 0.3) is 10.6 Å². The quantitative estimate of drug-likeness (QED) is 0.643. The minimum Gasteiger partial charge on any atom is -0.247 e. The van der Waals surface area contributed by atoms with Crippen LogP contribution in [0.2, 0.25) is 0 Å². The molecule has 2 heterocycles. The maximum Gasteiger partial charge on any atom is 0.123 e. The molecule has 3 aromatic rings. The van der Waals surface area contributed by atoms with Gasteiger partial charge < -0.3 is 0 Å². The first-order valence-corrected chi connectivity index (χ1v) is 7.82. The average Bonchev–Trinajstić information content (AvgIpc) is 2.97. The zero-order valence-corrected chi connectivity index (χ0v) is 13.4. The second kappa shape index (κ2) is 5.42. The zero-order valence-electron chi connectivity index (χ0n) is 10.4. The van der Waals surface area contributed by atoms with E-state index in [9.17, 15) is 0 Å². The molecule has 0 aliphatic rings. The van der Waals surface area contributed by atoms with Gasteiger partial charge in [0.15, 0.2) is 0 Å². The van der Waals surface area contributed by atoms with E-state index in [1.807, 2.05) is 29.1 Å². The van der Waals surface area contributed by atoms with Crippen molar-refractivity contribution in [3.8, 4) is 10.6 Å². The molecule has 0 N–H and O–H groups in total. The molecule has 3 nitrogen and oxygen atoms in total. The second-order valence-corrected chi connectivity index (χ2v) is 7.30. The van der Waals surface area contributed by atoms with Crippen molar-refractivity contribution in [2.24, 2.45) is 0 Å². The third-order valence-electron chi connectivity index (χ3n) is 2.85. The summed E-state index contributed by atoms with van der Waals surface area (Å²) in [6, 6.07) is 12.5. The van der Waals surface area contributed by atoms with E-state index in [1.54, 1.807) is 11.3 Å². The Kier molecular flexibility index (Phi) is 3.65. The Labute approximate surface area is 129 Å². The lowest BCUT2D eigenvalue weighted by atomic mass is 10.2. The lowest BCUT2D eigenvalue weighted by Gasteiger charge is -1.99. The Morgan fingerprint density at radius 1 is 1.26 bits per heavy atom. The molecule has 5 heteroatoms. The number of halogens is 1. The summed E-state index contributed by atoms with van der Waals surface area (Å²) in [5.41, 5.74) is 3.46. The molecule has 2 aromatic heterocycles. The summed E-state index contributed by atoms with van der Waals surface area (Å²) in [5, 5.41) is 8.49. The monoisotopic (exact) mass is 381 g/mol. The van der Waals surface area contributed by atoms with Gasteiger partial charge in [-0.05, 0) is 46.7 Å². The molecular formula is C14H12IN3S. The van der Waals surface area contributed by atoms with Crippen molar-refractivity contribution in [2.45, 2.75) is 13.5 Å². The van der Waals surface area contributed by atoms with Gasteiger partial charge in [-0.1, -0.05) is 35.5 Å². The SMILES string of the molecule is Cc1cc(I)sc1-c1cn(Cc2ccccc2)nn1. The summed E-state index contributed by atoms with van der Waals surface area (Å²) in [7, 11) is 0. The number of hydrogen-bond acceptors (Lipinski definition) is 3. The summed E-state index contributed by atoms with van der Waals surface area (Å²) in [6.45, 7) is 2.87. The Morgan fingerprint density at radius 3 is 2.74 bits per heavy atom. The molecular weight excluding hydrogens is 369 g/mol. The molecule has 1 aromatic carbocycles. The molecule has 0 saturated carbocycles. The van der Waals surface area contributed by atoms with Crippen molar-refractivity contribution < 1.29 is 0 Å². The molecule has 0 bridgehead atoms. The normalized spacial score (nSPS) is 10.8. The predicted molar refractivity (Wildman–Crippen MR) is 86.3 cm³/mol. The van der Waals surface area contributed by atoms with E-state index >= 15 is 0 Å². The van der Waals surface area contributed by atoms with E-state index < -0.39 is 0 Å². The maximum absolute atomic E-state index is 4.28. The van der Waals surface area contributed by atoms with Gasteiger partial charge in [0.05, 0.1) is 20.5 Å². The van der Waals surface area contributed by atoms with Crippen molar-refractivity contribution in [3.05, 3.63) is 56.6 Å². The molecule has 0 fully saturated rings. The van der Waals surface area contributed by atoms with Crippen LogP contribution in [-0.2, 0) is 6.54 Å². The highest BCUT2D eigenvalue weighted by molar-refractivity contribution is 14.1. The highest BCUT2D eigenvalue weighted by Gasteiger charge is 2.10. The van der Waals surface area contributed by atoms with E-state index in [0.717, 1.165) is 12.2 Å². The number of rotatable bonds is 3. The molecule has 0 amide bonds. The molecule has 3 rings (SSSR count). The Bertz CT molecular complexity index is 688. The van der Waals surface area contributed by atoms with E-state index in [-0.39, 0.29) is 0 Å². The van der Waals surface area contributed by atoms with Gasteiger partial charge in [0.2, 0.25) is 0 Å². The van der Waals surface area contributed by atoms with Crippen molar-refractivity contribution in [3.63, 3.8) is 0 Å². The molecule has 96 valence electrons. The predicted octanol–water partition coefficient (Wildman–Crippen LogP) is 3.97. The van der Waals surface area contributed by atoms with Crippen LogP contribution in [-0.4, -0.2) is 15.0 Å². The molecule has 0 radical (unpaired) electrons. The van der Waals surface area contributed by atoms with Crippen LogP contribution in [0.5, 0.6) is 0 Å². The van der Waals surface area contributed by atoms with Crippen LogP contribution in [0.1, 0.15) is 11.1 Å². The summed E-state index contributed by atoms with van der Waals surface area (Å²) in [4.78, 5) is 1.21. The van der Waals surface area contributed by atoms with Gasteiger partial charge in [-0.15, -0.1) is 16.4 Å². The largest absolute Gasteiger partial charge is 0.247 e. The number of benzene rings is 1. The van der Waals surface area contributed by atoms with Gasteiger partial charge in [-0.2, -0.15) is 0 Å². The second-order valence-electron chi connectivity index (χ2n) is 4.35. The average molecular weight is 381 g/mol. The van der Waals surface area contributed by atoms with E-state index in [1.165, 1.54) is 18.9 Å². The molecule has 0 aliphatic carbocycles. The molecule has 0 unspecified atom stereocenters. The van der Waals surface area contributed by atoms with Crippen LogP contribution in [0.4, 0.5) is 0 Å². The lowest BCUT2D eigenvalue weighted by molar-refractivity contribution is 0.650. The highest BCUT2D eigenvalue weighted by Crippen LogP contribution is 2.31. The number of aromatic nitrogens is 3. The molecule has 19 heavy (non-hydrogen) atoms. The minimum absolute atomic E-state index is 0.759. The number of nitrogens with zero attached hydrogens (tertiary/aromatic N) is 3. The summed E-state index contributed by atoms with van der Waals surface area (Å²) < 4.78 is 3.17. The number of hydrogen-bond donors (Lipinski definition) is 0. The number of thiophene rings is 1. The lowest BCUT2D eigenvalue weighted by Crippen LogP contribution is -1.99. The van der Waals surface area contributed by atoms with Crippen molar-refractivity contribution in [1.29, 1.82) is 0 Å². The maximum atomic E-state index is 4.28. The first kappa shape index (κ1) is 12.8. The van der Waals surface area contributed by atoms with E-state index in [2.05, 4.69) is 58.0 Å². The summed E-state index contributed by atoms with van der Waals surface area (Å²) >= 11 is 4.10. The third-order valence-corrected chi connectivity index (χ3v) is 4.87. The molecule has 0 spiro atoms. The summed E-state index contributed by atoms with van der Waals surface area (Å²) in [6.07, 6.45) is 2.02. The third kappa shape index (κ3) is 2.87. The number of aryl methyl sites for hydroxylation is 1. The zero-order chi connectivity index (χ0) is 13.2. The molecule has 0 saturated heterocycles. The van der Waals surface area contributed by atoms with Crippen LogP contribution in [0, 0.1) is 9.81 Å². The van der Waals surface area contributed by atoms with Gasteiger partial charge in [-0.3, -0.25) is 0 Å². The first-order chi connectivity index (χ1) is 9.22. The Balaban J connectivity index is 1.86. The van der Waals surface area contributed by atoms with Crippen molar-refractivity contribution in [1.82, 2.24) is 15.0 Å². The van der Waals surface area contributed by atoms with E-state index in [4.69, 9.17) is 0 Å². The van der Waals surface area contributed by atoms with Crippen LogP contribution in [0.15, 0.2) is 42.6 Å². The fraction of sp³-hybridized carbons (Fsp3) is 0.143. The fourth-order valence-electron chi connectivity index (χ4n) is 1.95. The van der Waals surface area contributed by atoms with Crippen molar-refractivity contribution >= 4 is 33.9 Å². The van der Waals surface area contributed by atoms with Crippen molar-refractivity contribution in [2.75, 3.05) is 0 Å². The van der Waals surface area contributed by atoms with Gasteiger partial charge in [0.1, 0.15) is 5.69 Å². The standard InChI is InChI=1S/C14H12IN3S/c1-10-7-13(15)19-14(10)12-9-18(17-16-12)8-11-5-3-2-4-6-11/h2-7,9H,8H2,1H3. The van der Waals surface area contributed by atoms with Crippen LogP contribution in [0.3, 0.4) is 0 Å². The van der Waals surface area contributed by atoms with Gasteiger partial charge in [-0.25, -0.2) is 4.68 Å². The topological polar surface area (TPSA) is 30.7 Å². The Hall–Kier alpha value is -1.21. The molecule has 0 aliphatic heterocycles. The minimum atomic E-state index is 0.759. The van der Waals surface area contributed by atoms with Gasteiger partial charge >= 0.3 is 0 Å². The van der Waals surface area contributed by atoms with Gasteiger partial charge in [0, 0.05) is 0 Å².